The molecule has 0 aromatic heterocycles. The van der Waals surface area contributed by atoms with Gasteiger partial charge in [0, 0.05) is 38.4 Å². The van der Waals surface area contributed by atoms with Crippen molar-refractivity contribution in [2.75, 3.05) is 37.5 Å². The van der Waals surface area contributed by atoms with E-state index in [1.807, 2.05) is 14.0 Å². The van der Waals surface area contributed by atoms with Crippen molar-refractivity contribution in [3.63, 3.8) is 0 Å². The summed E-state index contributed by atoms with van der Waals surface area (Å²) < 4.78 is 24.6. The van der Waals surface area contributed by atoms with E-state index in [1.54, 1.807) is 6.07 Å². The zero-order valence-electron chi connectivity index (χ0n) is 12.2. The Morgan fingerprint density at radius 1 is 1.40 bits per heavy atom. The van der Waals surface area contributed by atoms with Crippen LogP contribution in [0.1, 0.15) is 26.2 Å². The monoisotopic (exact) mass is 282 g/mol. The highest BCUT2D eigenvalue weighted by Gasteiger charge is 2.21. The predicted molar refractivity (Wildman–Crippen MR) is 78.8 cm³/mol. The molecule has 1 aromatic rings. The SMILES string of the molecule is CCCOc1cc(N(C)C2CCOCC2)c(N)cc1F. The Hall–Kier alpha value is -1.49. The molecule has 1 aliphatic heterocycles. The van der Waals surface area contributed by atoms with Crippen LogP contribution in [0.4, 0.5) is 15.8 Å². The van der Waals surface area contributed by atoms with Crippen LogP contribution in [0.25, 0.3) is 0 Å². The molecule has 0 amide bonds. The van der Waals surface area contributed by atoms with Crippen LogP contribution >= 0.6 is 0 Å². The number of nitrogens with zero attached hydrogens (tertiary/aromatic N) is 1. The molecule has 20 heavy (non-hydrogen) atoms. The van der Waals surface area contributed by atoms with Gasteiger partial charge in [-0.05, 0) is 19.3 Å². The van der Waals surface area contributed by atoms with E-state index in [0.717, 1.165) is 38.2 Å². The molecule has 1 fully saturated rings. The summed E-state index contributed by atoms with van der Waals surface area (Å²) in [6.07, 6.45) is 2.76. The molecule has 1 aliphatic rings. The lowest BCUT2D eigenvalue weighted by molar-refractivity contribution is 0.0855. The van der Waals surface area contributed by atoms with E-state index < -0.39 is 5.82 Å². The van der Waals surface area contributed by atoms with Gasteiger partial charge in [0.25, 0.3) is 0 Å². The molecule has 2 rings (SSSR count). The molecule has 0 bridgehead atoms. The molecule has 1 saturated heterocycles. The van der Waals surface area contributed by atoms with Crippen LogP contribution in [0.3, 0.4) is 0 Å². The number of anilines is 2. The maximum atomic E-state index is 13.8. The summed E-state index contributed by atoms with van der Waals surface area (Å²) in [6, 6.07) is 3.42. The average Bonchev–Trinajstić information content (AvgIpc) is 2.47. The molecule has 5 heteroatoms. The van der Waals surface area contributed by atoms with Crippen LogP contribution in [0.15, 0.2) is 12.1 Å². The van der Waals surface area contributed by atoms with Crippen molar-refractivity contribution in [1.82, 2.24) is 0 Å². The smallest absolute Gasteiger partial charge is 0.167 e. The third-order valence-electron chi connectivity index (χ3n) is 3.66. The molecule has 112 valence electrons. The quantitative estimate of drug-likeness (QED) is 0.844. The first-order valence-corrected chi connectivity index (χ1v) is 7.16. The molecule has 0 unspecified atom stereocenters. The highest BCUT2D eigenvalue weighted by atomic mass is 19.1. The molecule has 1 aromatic carbocycles. The molecule has 2 N–H and O–H groups in total. The minimum atomic E-state index is -0.403. The molecule has 0 saturated carbocycles. The Morgan fingerprint density at radius 2 is 2.10 bits per heavy atom. The number of ether oxygens (including phenoxy) is 2. The van der Waals surface area contributed by atoms with E-state index >= 15 is 0 Å². The summed E-state index contributed by atoms with van der Waals surface area (Å²) in [6.45, 7) is 4.01. The Morgan fingerprint density at radius 3 is 2.75 bits per heavy atom. The lowest BCUT2D eigenvalue weighted by Crippen LogP contribution is -2.37. The van der Waals surface area contributed by atoms with Crippen LogP contribution in [-0.4, -0.2) is 32.9 Å². The van der Waals surface area contributed by atoms with Gasteiger partial charge in [-0.15, -0.1) is 0 Å². The second kappa shape index (κ2) is 6.79. The number of rotatable bonds is 5. The van der Waals surface area contributed by atoms with Crippen molar-refractivity contribution in [3.8, 4) is 5.75 Å². The molecule has 0 aliphatic carbocycles. The summed E-state index contributed by atoms with van der Waals surface area (Å²) in [7, 11) is 1.99. The van der Waals surface area contributed by atoms with Crippen molar-refractivity contribution in [2.45, 2.75) is 32.2 Å². The van der Waals surface area contributed by atoms with E-state index in [9.17, 15) is 4.39 Å². The van der Waals surface area contributed by atoms with Crippen LogP contribution in [-0.2, 0) is 4.74 Å². The van der Waals surface area contributed by atoms with Crippen LogP contribution in [0, 0.1) is 5.82 Å². The van der Waals surface area contributed by atoms with Crippen LogP contribution in [0.2, 0.25) is 0 Å². The Kier molecular flexibility index (Phi) is 5.06. The number of benzene rings is 1. The van der Waals surface area contributed by atoms with Gasteiger partial charge in [0.1, 0.15) is 0 Å². The van der Waals surface area contributed by atoms with E-state index in [2.05, 4.69) is 4.90 Å². The van der Waals surface area contributed by atoms with Crippen molar-refractivity contribution in [2.24, 2.45) is 0 Å². The lowest BCUT2D eigenvalue weighted by atomic mass is 10.1. The number of hydrogen-bond donors (Lipinski definition) is 1. The number of nitrogens with two attached hydrogens (primary N) is 1. The summed E-state index contributed by atoms with van der Waals surface area (Å²) in [5.74, 6) is -0.130. The fourth-order valence-electron chi connectivity index (χ4n) is 2.46. The van der Waals surface area contributed by atoms with Crippen molar-refractivity contribution in [1.29, 1.82) is 0 Å². The second-order valence-electron chi connectivity index (χ2n) is 5.14. The zero-order valence-corrected chi connectivity index (χ0v) is 12.2. The van der Waals surface area contributed by atoms with Gasteiger partial charge >= 0.3 is 0 Å². The van der Waals surface area contributed by atoms with E-state index in [0.29, 0.717) is 18.3 Å². The largest absolute Gasteiger partial charge is 0.490 e. The first-order valence-electron chi connectivity index (χ1n) is 7.16. The Balaban J connectivity index is 2.20. The van der Waals surface area contributed by atoms with Crippen molar-refractivity contribution >= 4 is 11.4 Å². The van der Waals surface area contributed by atoms with Gasteiger partial charge in [-0.25, -0.2) is 4.39 Å². The van der Waals surface area contributed by atoms with Gasteiger partial charge in [0.2, 0.25) is 0 Å². The van der Waals surface area contributed by atoms with Gasteiger partial charge in [-0.3, -0.25) is 0 Å². The minimum absolute atomic E-state index is 0.273. The highest BCUT2D eigenvalue weighted by molar-refractivity contribution is 5.70. The molecule has 1 heterocycles. The fourth-order valence-corrected chi connectivity index (χ4v) is 2.46. The molecular formula is C15H23FN2O2. The van der Waals surface area contributed by atoms with Crippen molar-refractivity contribution < 1.29 is 13.9 Å². The highest BCUT2D eigenvalue weighted by Crippen LogP contribution is 2.33. The summed E-state index contributed by atoms with van der Waals surface area (Å²) >= 11 is 0. The van der Waals surface area contributed by atoms with Gasteiger partial charge in [0.15, 0.2) is 11.6 Å². The van der Waals surface area contributed by atoms with E-state index in [1.165, 1.54) is 6.07 Å². The lowest BCUT2D eigenvalue weighted by Gasteiger charge is -2.33. The Bertz CT molecular complexity index is 448. The maximum absolute atomic E-state index is 13.8. The van der Waals surface area contributed by atoms with Crippen LogP contribution in [0.5, 0.6) is 5.75 Å². The normalized spacial score (nSPS) is 16.1. The van der Waals surface area contributed by atoms with Gasteiger partial charge in [-0.1, -0.05) is 6.92 Å². The molecular weight excluding hydrogens is 259 g/mol. The standard InChI is InChI=1S/C15H23FN2O2/c1-3-6-20-15-10-14(13(17)9-12(15)16)18(2)11-4-7-19-8-5-11/h9-11H,3-8,17H2,1-2H3. The Labute approximate surface area is 119 Å². The second-order valence-corrected chi connectivity index (χ2v) is 5.14. The van der Waals surface area contributed by atoms with Gasteiger partial charge < -0.3 is 20.1 Å². The zero-order chi connectivity index (χ0) is 14.5. The summed E-state index contributed by atoms with van der Waals surface area (Å²) in [5, 5.41) is 0. The van der Waals surface area contributed by atoms with E-state index in [4.69, 9.17) is 15.2 Å². The molecule has 0 atom stereocenters. The average molecular weight is 282 g/mol. The van der Waals surface area contributed by atoms with E-state index in [-0.39, 0.29) is 5.75 Å². The summed E-state index contributed by atoms with van der Waals surface area (Å²) in [5.41, 5.74) is 7.23. The van der Waals surface area contributed by atoms with Crippen molar-refractivity contribution in [3.05, 3.63) is 17.9 Å². The molecule has 4 nitrogen and oxygen atoms in total. The van der Waals surface area contributed by atoms with Gasteiger partial charge in [-0.2, -0.15) is 0 Å². The van der Waals surface area contributed by atoms with Gasteiger partial charge in [0.05, 0.1) is 18.0 Å². The molecule has 0 spiro atoms. The van der Waals surface area contributed by atoms with Crippen LogP contribution < -0.4 is 15.4 Å². The third kappa shape index (κ3) is 3.33. The number of nitrogen functional groups attached to an aromatic ring is 1. The fraction of sp³-hybridized carbons (Fsp3) is 0.600. The molecule has 0 radical (unpaired) electrons. The topological polar surface area (TPSA) is 47.7 Å². The first-order chi connectivity index (χ1) is 9.63. The minimum Gasteiger partial charge on any atom is -0.490 e. The maximum Gasteiger partial charge on any atom is 0.167 e. The third-order valence-corrected chi connectivity index (χ3v) is 3.66. The summed E-state index contributed by atoms with van der Waals surface area (Å²) in [4.78, 5) is 2.11. The predicted octanol–water partition coefficient (Wildman–Crippen LogP) is 2.81. The number of halogens is 1. The first kappa shape index (κ1) is 14.9. The number of hydrogen-bond acceptors (Lipinski definition) is 4.